The van der Waals surface area contributed by atoms with Crippen LogP contribution in [0.1, 0.15) is 39.3 Å². The molecule has 0 saturated carbocycles. The molecule has 3 N–H and O–H groups in total. The number of fused-ring (bicyclic) bond motifs is 2. The lowest BCUT2D eigenvalue weighted by Crippen LogP contribution is -2.31. The van der Waals surface area contributed by atoms with Crippen LogP contribution in [0.5, 0.6) is 11.5 Å². The lowest BCUT2D eigenvalue weighted by atomic mass is 9.89. The van der Waals surface area contributed by atoms with E-state index in [0.29, 0.717) is 34.3 Å². The van der Waals surface area contributed by atoms with Crippen LogP contribution in [-0.4, -0.2) is 10.9 Å². The highest BCUT2D eigenvalue weighted by Gasteiger charge is 2.36. The van der Waals surface area contributed by atoms with Gasteiger partial charge in [-0.1, -0.05) is 90.5 Å². The van der Waals surface area contributed by atoms with Crippen molar-refractivity contribution < 1.29 is 14.3 Å². The van der Waals surface area contributed by atoms with Gasteiger partial charge in [-0.05, 0) is 60.2 Å². The van der Waals surface area contributed by atoms with Crippen LogP contribution in [0.15, 0.2) is 150 Å². The number of benzene rings is 5. The van der Waals surface area contributed by atoms with E-state index in [2.05, 4.69) is 15.6 Å². The number of aromatic nitrogens is 1. The molecule has 5 aromatic carbocycles. The van der Waals surface area contributed by atoms with E-state index in [-0.39, 0.29) is 5.91 Å². The molecule has 1 aliphatic rings. The molecule has 45 heavy (non-hydrogen) atoms. The van der Waals surface area contributed by atoms with Crippen LogP contribution >= 0.6 is 11.6 Å². The molecule has 0 fully saturated rings. The predicted octanol–water partition coefficient (Wildman–Crippen LogP) is 8.91. The summed E-state index contributed by atoms with van der Waals surface area (Å²) in [6.07, 6.45) is 0.802. The number of ether oxygens (including phenoxy) is 2. The maximum atomic E-state index is 13.5. The molecule has 1 aliphatic carbocycles. The first-order valence-corrected chi connectivity index (χ1v) is 15.1. The third kappa shape index (κ3) is 6.01. The summed E-state index contributed by atoms with van der Waals surface area (Å²) in [5.74, 6) is 1.22. The Morgan fingerprint density at radius 3 is 2.07 bits per heavy atom. The number of hydrogen-bond acceptors (Lipinski definition) is 4. The van der Waals surface area contributed by atoms with Crippen molar-refractivity contribution in [2.45, 2.75) is 18.8 Å². The molecule has 0 saturated heterocycles. The van der Waals surface area contributed by atoms with Gasteiger partial charge in [0.05, 0.1) is 10.7 Å². The highest BCUT2D eigenvalue weighted by molar-refractivity contribution is 6.30. The van der Waals surface area contributed by atoms with Crippen LogP contribution in [-0.2, 0) is 6.54 Å². The highest BCUT2D eigenvalue weighted by atomic mass is 35.5. The van der Waals surface area contributed by atoms with Crippen molar-refractivity contribution in [2.75, 3.05) is 5.32 Å². The van der Waals surface area contributed by atoms with E-state index in [0.717, 1.165) is 33.3 Å². The number of carbonyl (C=O) groups excluding carboxylic acids is 1. The zero-order valence-corrected chi connectivity index (χ0v) is 25.0. The summed E-state index contributed by atoms with van der Waals surface area (Å²) < 4.78 is 13.1. The van der Waals surface area contributed by atoms with E-state index < -0.39 is 12.2 Å². The van der Waals surface area contributed by atoms with E-state index >= 15 is 0 Å². The molecule has 1 aromatic heterocycles. The molecule has 1 heterocycles. The fourth-order valence-corrected chi connectivity index (χ4v) is 5.98. The molecule has 0 spiro atoms. The zero-order valence-electron chi connectivity index (χ0n) is 24.2. The van der Waals surface area contributed by atoms with Gasteiger partial charge in [0.15, 0.2) is 12.2 Å². The highest BCUT2D eigenvalue weighted by Crippen LogP contribution is 2.45. The monoisotopic (exact) mass is 611 g/mol. The maximum Gasteiger partial charge on any atom is 0.256 e. The number of nitrogens with one attached hydrogen (secondary N) is 3. The quantitative estimate of drug-likeness (QED) is 0.153. The van der Waals surface area contributed by atoms with Gasteiger partial charge in [0.1, 0.15) is 11.5 Å². The van der Waals surface area contributed by atoms with Crippen molar-refractivity contribution in [1.82, 2.24) is 10.3 Å². The summed E-state index contributed by atoms with van der Waals surface area (Å²) in [5.41, 5.74) is 5.66. The van der Waals surface area contributed by atoms with Crippen LogP contribution in [0.2, 0.25) is 0 Å². The van der Waals surface area contributed by atoms with Gasteiger partial charge < -0.3 is 25.1 Å². The molecule has 1 amide bonds. The number of carbonyl (C=O) groups is 1. The van der Waals surface area contributed by atoms with Gasteiger partial charge in [0.25, 0.3) is 5.91 Å². The number of H-pyrrole nitrogens is 1. The second-order valence-electron chi connectivity index (χ2n) is 10.8. The van der Waals surface area contributed by atoms with Crippen molar-refractivity contribution >= 4 is 34.1 Å². The molecule has 7 heteroatoms. The average Bonchev–Trinajstić information content (AvgIpc) is 3.55. The van der Waals surface area contributed by atoms with Crippen molar-refractivity contribution in [3.05, 3.63) is 173 Å². The summed E-state index contributed by atoms with van der Waals surface area (Å²) in [6.45, 7) is 0.334. The van der Waals surface area contributed by atoms with Crippen molar-refractivity contribution in [1.29, 1.82) is 0 Å². The predicted molar refractivity (Wildman–Crippen MR) is 178 cm³/mol. The van der Waals surface area contributed by atoms with Gasteiger partial charge in [0, 0.05) is 46.0 Å². The number of aromatic amines is 1. The first-order valence-electron chi connectivity index (χ1n) is 14.8. The molecule has 2 unspecified atom stereocenters. The van der Waals surface area contributed by atoms with Crippen molar-refractivity contribution in [3.63, 3.8) is 0 Å². The van der Waals surface area contributed by atoms with Crippen molar-refractivity contribution in [2.24, 2.45) is 0 Å². The largest absolute Gasteiger partial charge is 0.480 e. The van der Waals surface area contributed by atoms with Crippen LogP contribution in [0.4, 0.5) is 5.69 Å². The summed E-state index contributed by atoms with van der Waals surface area (Å²) in [7, 11) is 0. The SMILES string of the molecule is O=C(Nc1ccc2[nH]ccc2c1)c1ccccc1CNC1=C(Cl)C(Oc2ccccc2)c2ccccc2C1Oc1ccccc1. The summed E-state index contributed by atoms with van der Waals surface area (Å²) in [4.78, 5) is 16.7. The van der Waals surface area contributed by atoms with Gasteiger partial charge in [0.2, 0.25) is 0 Å². The molecule has 7 rings (SSSR count). The Bertz CT molecular complexity index is 1990. The summed E-state index contributed by atoms with van der Waals surface area (Å²) in [6, 6.07) is 42.6. The molecule has 2 atom stereocenters. The number of para-hydroxylation sites is 2. The Hall–Kier alpha value is -5.46. The fraction of sp³-hybridized carbons (Fsp3) is 0.0789. The second-order valence-corrected chi connectivity index (χ2v) is 11.2. The molecular formula is C38H30ClN3O3. The topological polar surface area (TPSA) is 75.4 Å². The normalized spacial score (nSPS) is 15.8. The molecule has 6 nitrogen and oxygen atoms in total. The average molecular weight is 612 g/mol. The first-order chi connectivity index (χ1) is 22.1. The molecule has 222 valence electrons. The summed E-state index contributed by atoms with van der Waals surface area (Å²) in [5, 5.41) is 8.12. The maximum absolute atomic E-state index is 13.5. The number of rotatable bonds is 9. The van der Waals surface area contributed by atoms with Gasteiger partial charge in [-0.25, -0.2) is 0 Å². The minimum Gasteiger partial charge on any atom is -0.480 e. The van der Waals surface area contributed by atoms with Gasteiger partial charge in [-0.3, -0.25) is 4.79 Å². The van der Waals surface area contributed by atoms with E-state index in [1.807, 2.05) is 140 Å². The molecule has 0 aliphatic heterocycles. The lowest BCUT2D eigenvalue weighted by molar-refractivity contribution is 0.102. The Labute approximate surface area is 266 Å². The molecule has 0 bridgehead atoms. The number of hydrogen-bond donors (Lipinski definition) is 3. The number of anilines is 1. The minimum atomic E-state index is -0.551. The summed E-state index contributed by atoms with van der Waals surface area (Å²) >= 11 is 7.23. The third-order valence-corrected chi connectivity index (χ3v) is 8.25. The molecule has 6 aromatic rings. The number of halogens is 1. The van der Waals surface area contributed by atoms with E-state index in [9.17, 15) is 4.79 Å². The van der Waals surface area contributed by atoms with Crippen LogP contribution in [0.3, 0.4) is 0 Å². The van der Waals surface area contributed by atoms with Crippen molar-refractivity contribution in [3.8, 4) is 11.5 Å². The van der Waals surface area contributed by atoms with Crippen LogP contribution in [0, 0.1) is 0 Å². The van der Waals surface area contributed by atoms with Gasteiger partial charge in [-0.15, -0.1) is 0 Å². The Balaban J connectivity index is 1.21. The van der Waals surface area contributed by atoms with Gasteiger partial charge in [-0.2, -0.15) is 0 Å². The second kappa shape index (κ2) is 12.6. The third-order valence-electron chi connectivity index (χ3n) is 7.85. The first kappa shape index (κ1) is 28.3. The molecule has 0 radical (unpaired) electrons. The lowest BCUT2D eigenvalue weighted by Gasteiger charge is -2.34. The molecular weight excluding hydrogens is 582 g/mol. The van der Waals surface area contributed by atoms with Crippen LogP contribution < -0.4 is 20.1 Å². The van der Waals surface area contributed by atoms with Gasteiger partial charge >= 0.3 is 0 Å². The Morgan fingerprint density at radius 1 is 0.711 bits per heavy atom. The Kier molecular flexibility index (Phi) is 7.96. The van der Waals surface area contributed by atoms with E-state index in [1.54, 1.807) is 0 Å². The number of amides is 1. The Morgan fingerprint density at radius 2 is 1.33 bits per heavy atom. The fourth-order valence-electron chi connectivity index (χ4n) is 5.65. The van der Waals surface area contributed by atoms with E-state index in [4.69, 9.17) is 21.1 Å². The smallest absolute Gasteiger partial charge is 0.256 e. The van der Waals surface area contributed by atoms with E-state index in [1.165, 1.54) is 0 Å². The zero-order chi connectivity index (χ0) is 30.6. The standard InChI is InChI=1S/C38H30ClN3O3/c39-34-35(41-24-26-11-7-8-16-30(26)38(43)42-27-19-20-33-25(23-27)21-22-40-33)37(45-29-14-5-2-6-15-29)32-18-10-9-17-31(32)36(34)44-28-12-3-1-4-13-28/h1-23,36-37,40-41H,24H2,(H,42,43). The van der Waals surface area contributed by atoms with Crippen LogP contribution in [0.25, 0.3) is 10.9 Å². The minimum absolute atomic E-state index is 0.196.